The van der Waals surface area contributed by atoms with Crippen molar-refractivity contribution >= 4 is 11.6 Å². The van der Waals surface area contributed by atoms with Gasteiger partial charge in [-0.05, 0) is 18.6 Å². The van der Waals surface area contributed by atoms with Gasteiger partial charge in [0, 0.05) is 0 Å². The van der Waals surface area contributed by atoms with E-state index in [1.54, 1.807) is 12.1 Å². The molecule has 3 heteroatoms. The molecule has 60 valence electrons. The summed E-state index contributed by atoms with van der Waals surface area (Å²) >= 11 is 5.72. The Kier molecular flexibility index (Phi) is 2.25. The number of phenolic OH excluding ortho intramolecular Hbond substituents is 1. The van der Waals surface area contributed by atoms with Crippen LogP contribution in [0, 0.1) is 6.92 Å². The number of ether oxygens (including phenoxy) is 1. The molecule has 11 heavy (non-hydrogen) atoms. The van der Waals surface area contributed by atoms with Crippen molar-refractivity contribution in [2.45, 2.75) is 6.92 Å². The second-order valence-corrected chi connectivity index (χ2v) is 2.63. The second-order valence-electron chi connectivity index (χ2n) is 2.25. The predicted molar refractivity (Wildman–Crippen MR) is 44.4 cm³/mol. The lowest BCUT2D eigenvalue weighted by atomic mass is 10.2. The van der Waals surface area contributed by atoms with E-state index in [-0.39, 0.29) is 10.8 Å². The molecular formula is C8H9ClO2. The van der Waals surface area contributed by atoms with Crippen molar-refractivity contribution in [1.29, 1.82) is 0 Å². The van der Waals surface area contributed by atoms with Crippen molar-refractivity contribution in [2.75, 3.05) is 7.11 Å². The van der Waals surface area contributed by atoms with Gasteiger partial charge in [-0.1, -0.05) is 17.7 Å². The van der Waals surface area contributed by atoms with E-state index in [9.17, 15) is 0 Å². The van der Waals surface area contributed by atoms with Crippen LogP contribution in [0.5, 0.6) is 11.5 Å². The van der Waals surface area contributed by atoms with Crippen molar-refractivity contribution in [1.82, 2.24) is 0 Å². The Hall–Kier alpha value is -0.890. The van der Waals surface area contributed by atoms with Crippen molar-refractivity contribution < 1.29 is 9.84 Å². The lowest BCUT2D eigenvalue weighted by molar-refractivity contribution is 0.405. The van der Waals surface area contributed by atoms with Crippen LogP contribution in [0.3, 0.4) is 0 Å². The van der Waals surface area contributed by atoms with Crippen molar-refractivity contribution in [3.8, 4) is 11.5 Å². The molecule has 0 fully saturated rings. The predicted octanol–water partition coefficient (Wildman–Crippen LogP) is 2.36. The summed E-state index contributed by atoms with van der Waals surface area (Å²) in [5.74, 6) is 0.584. The summed E-state index contributed by atoms with van der Waals surface area (Å²) in [5, 5.41) is 9.41. The fraction of sp³-hybridized carbons (Fsp3) is 0.250. The first-order chi connectivity index (χ1) is 5.16. The Balaban J connectivity index is 3.29. The first kappa shape index (κ1) is 8.21. The van der Waals surface area contributed by atoms with Gasteiger partial charge in [0.1, 0.15) is 16.5 Å². The molecule has 0 radical (unpaired) electrons. The molecule has 0 saturated heterocycles. The van der Waals surface area contributed by atoms with Gasteiger partial charge in [-0.3, -0.25) is 0 Å². The first-order valence-corrected chi connectivity index (χ1v) is 3.56. The van der Waals surface area contributed by atoms with Gasteiger partial charge in [0.05, 0.1) is 7.11 Å². The number of phenols is 1. The molecule has 0 saturated carbocycles. The minimum Gasteiger partial charge on any atom is -0.506 e. The lowest BCUT2D eigenvalue weighted by Crippen LogP contribution is -1.87. The van der Waals surface area contributed by atoms with Crippen LogP contribution in [0.1, 0.15) is 5.56 Å². The van der Waals surface area contributed by atoms with Gasteiger partial charge < -0.3 is 9.84 Å². The standard InChI is InChI=1S/C8H9ClO2/c1-5-3-4-6(10)7(9)8(5)11-2/h3-4,10H,1-2H3. The molecule has 0 aromatic heterocycles. The largest absolute Gasteiger partial charge is 0.506 e. The van der Waals surface area contributed by atoms with Crippen LogP contribution in [0.15, 0.2) is 12.1 Å². The third kappa shape index (κ3) is 1.40. The summed E-state index contributed by atoms with van der Waals surface area (Å²) in [5.41, 5.74) is 0.912. The average molecular weight is 173 g/mol. The summed E-state index contributed by atoms with van der Waals surface area (Å²) in [6.45, 7) is 1.87. The molecule has 1 aromatic carbocycles. The van der Waals surface area contributed by atoms with E-state index >= 15 is 0 Å². The molecule has 0 amide bonds. The van der Waals surface area contributed by atoms with E-state index in [1.807, 2.05) is 6.92 Å². The summed E-state index contributed by atoms with van der Waals surface area (Å²) in [6, 6.07) is 3.29. The minimum atomic E-state index is 0.0501. The molecule has 0 bridgehead atoms. The van der Waals surface area contributed by atoms with Crippen LogP contribution in [-0.4, -0.2) is 12.2 Å². The highest BCUT2D eigenvalue weighted by atomic mass is 35.5. The molecule has 0 spiro atoms. The Bertz CT molecular complexity index is 271. The highest BCUT2D eigenvalue weighted by molar-refractivity contribution is 6.33. The highest BCUT2D eigenvalue weighted by Crippen LogP contribution is 2.35. The SMILES string of the molecule is COc1c(C)ccc(O)c1Cl. The number of hydrogen-bond acceptors (Lipinski definition) is 2. The maximum absolute atomic E-state index is 9.14. The van der Waals surface area contributed by atoms with Gasteiger partial charge in [-0.25, -0.2) is 0 Å². The zero-order valence-electron chi connectivity index (χ0n) is 6.39. The van der Waals surface area contributed by atoms with Gasteiger partial charge in [-0.2, -0.15) is 0 Å². The number of methoxy groups -OCH3 is 1. The van der Waals surface area contributed by atoms with Crippen LogP contribution in [0.2, 0.25) is 5.02 Å². The van der Waals surface area contributed by atoms with E-state index in [4.69, 9.17) is 21.4 Å². The summed E-state index contributed by atoms with van der Waals surface area (Å²) < 4.78 is 4.96. The van der Waals surface area contributed by atoms with Gasteiger partial charge in [0.2, 0.25) is 0 Å². The van der Waals surface area contributed by atoms with Gasteiger partial charge in [-0.15, -0.1) is 0 Å². The van der Waals surface area contributed by atoms with Crippen molar-refractivity contribution in [3.63, 3.8) is 0 Å². The van der Waals surface area contributed by atoms with Crippen molar-refractivity contribution in [2.24, 2.45) is 0 Å². The maximum atomic E-state index is 9.14. The fourth-order valence-corrected chi connectivity index (χ4v) is 1.18. The molecule has 1 N–H and O–H groups in total. The lowest BCUT2D eigenvalue weighted by Gasteiger charge is -2.06. The number of halogens is 1. The van der Waals surface area contributed by atoms with Crippen LogP contribution >= 0.6 is 11.6 Å². The van der Waals surface area contributed by atoms with Gasteiger partial charge >= 0.3 is 0 Å². The number of rotatable bonds is 1. The minimum absolute atomic E-state index is 0.0501. The Morgan fingerprint density at radius 1 is 1.45 bits per heavy atom. The van der Waals surface area contributed by atoms with Crippen LogP contribution in [-0.2, 0) is 0 Å². The molecule has 2 nitrogen and oxygen atoms in total. The normalized spacial score (nSPS) is 9.73. The summed E-state index contributed by atoms with van der Waals surface area (Å²) in [7, 11) is 1.52. The van der Waals surface area contributed by atoms with E-state index in [2.05, 4.69) is 0 Å². The highest BCUT2D eigenvalue weighted by Gasteiger charge is 2.07. The number of aromatic hydroxyl groups is 1. The molecule has 0 unspecified atom stereocenters. The van der Waals surface area contributed by atoms with E-state index in [0.717, 1.165) is 5.56 Å². The van der Waals surface area contributed by atoms with Crippen molar-refractivity contribution in [3.05, 3.63) is 22.7 Å². The Morgan fingerprint density at radius 2 is 2.09 bits per heavy atom. The molecule has 0 aliphatic carbocycles. The zero-order valence-corrected chi connectivity index (χ0v) is 7.14. The topological polar surface area (TPSA) is 29.5 Å². The molecule has 1 aromatic rings. The molecule has 0 aliphatic rings. The Labute approximate surface area is 70.4 Å². The second kappa shape index (κ2) is 3.01. The molecule has 0 heterocycles. The first-order valence-electron chi connectivity index (χ1n) is 3.19. The smallest absolute Gasteiger partial charge is 0.144 e. The van der Waals surface area contributed by atoms with Crippen LogP contribution in [0.4, 0.5) is 0 Å². The maximum Gasteiger partial charge on any atom is 0.144 e. The van der Waals surface area contributed by atoms with Gasteiger partial charge in [0.15, 0.2) is 0 Å². The summed E-state index contributed by atoms with van der Waals surface area (Å²) in [6.07, 6.45) is 0. The molecule has 0 aliphatic heterocycles. The number of hydrogen-bond donors (Lipinski definition) is 1. The van der Waals surface area contributed by atoms with Crippen LogP contribution < -0.4 is 4.74 Å². The number of benzene rings is 1. The fourth-order valence-electron chi connectivity index (χ4n) is 0.893. The quantitative estimate of drug-likeness (QED) is 0.705. The van der Waals surface area contributed by atoms with E-state index in [1.165, 1.54) is 7.11 Å². The van der Waals surface area contributed by atoms with Gasteiger partial charge in [0.25, 0.3) is 0 Å². The monoisotopic (exact) mass is 172 g/mol. The molecule has 0 atom stereocenters. The van der Waals surface area contributed by atoms with E-state index < -0.39 is 0 Å². The third-order valence-corrected chi connectivity index (χ3v) is 1.84. The third-order valence-electron chi connectivity index (χ3n) is 1.48. The van der Waals surface area contributed by atoms with E-state index in [0.29, 0.717) is 5.75 Å². The average Bonchev–Trinajstić information content (AvgIpc) is 1.99. The number of aryl methyl sites for hydroxylation is 1. The molecule has 1 rings (SSSR count). The summed E-state index contributed by atoms with van der Waals surface area (Å²) in [4.78, 5) is 0. The Morgan fingerprint density at radius 3 is 2.55 bits per heavy atom. The van der Waals surface area contributed by atoms with Crippen LogP contribution in [0.25, 0.3) is 0 Å². The molecular weight excluding hydrogens is 164 g/mol. The zero-order chi connectivity index (χ0) is 8.43.